The van der Waals surface area contributed by atoms with E-state index in [0.717, 1.165) is 27.8 Å². The summed E-state index contributed by atoms with van der Waals surface area (Å²) in [5.41, 5.74) is 2.07. The Bertz CT molecular complexity index is 886. The van der Waals surface area contributed by atoms with Crippen molar-refractivity contribution in [1.29, 1.82) is 0 Å². The first kappa shape index (κ1) is 13.0. The van der Waals surface area contributed by atoms with E-state index in [1.807, 2.05) is 41.0 Å². The van der Waals surface area contributed by atoms with Crippen LogP contribution in [0, 0.1) is 3.57 Å². The maximum Gasteiger partial charge on any atom is 0.261 e. The van der Waals surface area contributed by atoms with Crippen LogP contribution in [0.5, 0.6) is 0 Å². The van der Waals surface area contributed by atoms with Crippen LogP contribution in [0.15, 0.2) is 53.3 Å². The number of benzene rings is 2. The van der Waals surface area contributed by atoms with Gasteiger partial charge in [0, 0.05) is 9.99 Å². The lowest BCUT2D eigenvalue weighted by Gasteiger charge is -2.15. The molecule has 4 rings (SSSR count). The Morgan fingerprint density at radius 2 is 1.95 bits per heavy atom. The largest absolute Gasteiger partial charge is 0.288 e. The molecule has 1 aliphatic heterocycles. The summed E-state index contributed by atoms with van der Waals surface area (Å²) >= 11 is 2.23. The second-order valence-corrected chi connectivity index (χ2v) is 6.58. The number of nitrogens with zero attached hydrogens (tertiary/aromatic N) is 2. The summed E-state index contributed by atoms with van der Waals surface area (Å²) in [6.45, 7) is 0. The summed E-state index contributed by atoms with van der Waals surface area (Å²) in [7, 11) is 0. The highest BCUT2D eigenvalue weighted by Crippen LogP contribution is 2.30. The van der Waals surface area contributed by atoms with Crippen molar-refractivity contribution in [2.75, 3.05) is 0 Å². The SMILES string of the molecule is O=c1c2cc(I)ccc2nc2n1C(c1ccccc1)CC2. The lowest BCUT2D eigenvalue weighted by Crippen LogP contribution is -2.25. The van der Waals surface area contributed by atoms with Crippen molar-refractivity contribution in [3.8, 4) is 0 Å². The summed E-state index contributed by atoms with van der Waals surface area (Å²) < 4.78 is 2.95. The van der Waals surface area contributed by atoms with Crippen LogP contribution in [-0.2, 0) is 6.42 Å². The summed E-state index contributed by atoms with van der Waals surface area (Å²) in [6.07, 6.45) is 1.80. The topological polar surface area (TPSA) is 34.9 Å². The van der Waals surface area contributed by atoms with Crippen LogP contribution >= 0.6 is 22.6 Å². The fourth-order valence-corrected chi connectivity index (χ4v) is 3.59. The van der Waals surface area contributed by atoms with Crippen molar-refractivity contribution in [2.45, 2.75) is 18.9 Å². The number of halogens is 1. The van der Waals surface area contributed by atoms with Crippen LogP contribution in [0.2, 0.25) is 0 Å². The molecule has 0 fully saturated rings. The average molecular weight is 388 g/mol. The van der Waals surface area contributed by atoms with E-state index in [2.05, 4.69) is 34.7 Å². The van der Waals surface area contributed by atoms with Gasteiger partial charge in [0.2, 0.25) is 0 Å². The molecule has 0 saturated heterocycles. The lowest BCUT2D eigenvalue weighted by molar-refractivity contribution is 0.601. The second kappa shape index (κ2) is 4.94. The van der Waals surface area contributed by atoms with Crippen molar-refractivity contribution < 1.29 is 0 Å². The number of aryl methyl sites for hydroxylation is 1. The van der Waals surface area contributed by atoms with Gasteiger partial charge in [0.25, 0.3) is 5.56 Å². The van der Waals surface area contributed by atoms with Crippen molar-refractivity contribution in [1.82, 2.24) is 9.55 Å². The van der Waals surface area contributed by atoms with E-state index in [-0.39, 0.29) is 11.6 Å². The zero-order valence-corrected chi connectivity index (χ0v) is 13.4. The van der Waals surface area contributed by atoms with Crippen LogP contribution in [-0.4, -0.2) is 9.55 Å². The van der Waals surface area contributed by atoms with Crippen molar-refractivity contribution >= 4 is 33.5 Å². The predicted octanol–water partition coefficient (Wildman–Crippen LogP) is 3.54. The molecule has 1 unspecified atom stereocenters. The molecule has 21 heavy (non-hydrogen) atoms. The summed E-state index contributed by atoms with van der Waals surface area (Å²) in [5, 5.41) is 0.716. The Balaban J connectivity index is 1.98. The molecular weight excluding hydrogens is 375 g/mol. The minimum absolute atomic E-state index is 0.0832. The monoisotopic (exact) mass is 388 g/mol. The predicted molar refractivity (Wildman–Crippen MR) is 91.6 cm³/mol. The number of fused-ring (bicyclic) bond motifs is 2. The van der Waals surface area contributed by atoms with Gasteiger partial charge in [-0.15, -0.1) is 0 Å². The van der Waals surface area contributed by atoms with E-state index in [4.69, 9.17) is 4.98 Å². The molecule has 3 nitrogen and oxygen atoms in total. The van der Waals surface area contributed by atoms with Gasteiger partial charge in [-0.1, -0.05) is 30.3 Å². The lowest BCUT2D eigenvalue weighted by atomic mass is 10.1. The van der Waals surface area contributed by atoms with E-state index >= 15 is 0 Å². The summed E-state index contributed by atoms with van der Waals surface area (Å²) in [6, 6.07) is 16.2. The Kier molecular flexibility index (Phi) is 3.06. The molecule has 2 aromatic carbocycles. The summed E-state index contributed by atoms with van der Waals surface area (Å²) in [4.78, 5) is 17.6. The third-order valence-electron chi connectivity index (χ3n) is 4.07. The molecule has 0 aliphatic carbocycles. The van der Waals surface area contributed by atoms with E-state index in [1.165, 1.54) is 5.56 Å². The van der Waals surface area contributed by atoms with Crippen LogP contribution in [0.3, 0.4) is 0 Å². The molecule has 0 radical (unpaired) electrons. The number of rotatable bonds is 1. The molecule has 0 spiro atoms. The van der Waals surface area contributed by atoms with Gasteiger partial charge in [-0.25, -0.2) is 4.98 Å². The quantitative estimate of drug-likeness (QED) is 0.598. The standard InChI is InChI=1S/C17H13IN2O/c18-12-6-7-14-13(10-12)17(21)20-15(8-9-16(20)19-14)11-4-2-1-3-5-11/h1-7,10,15H,8-9H2. The van der Waals surface area contributed by atoms with Crippen LogP contribution in [0.25, 0.3) is 10.9 Å². The Labute approximate surface area is 135 Å². The highest BCUT2D eigenvalue weighted by atomic mass is 127. The Hall–Kier alpha value is -1.69. The van der Waals surface area contributed by atoms with E-state index in [9.17, 15) is 4.79 Å². The maximum absolute atomic E-state index is 12.9. The molecule has 0 saturated carbocycles. The fourth-order valence-electron chi connectivity index (χ4n) is 3.10. The normalized spacial score (nSPS) is 17.1. The maximum atomic E-state index is 12.9. The van der Waals surface area contributed by atoms with E-state index in [0.29, 0.717) is 5.39 Å². The Morgan fingerprint density at radius 3 is 2.76 bits per heavy atom. The smallest absolute Gasteiger partial charge is 0.261 e. The molecule has 0 bridgehead atoms. The highest BCUT2D eigenvalue weighted by Gasteiger charge is 2.26. The molecule has 0 N–H and O–H groups in total. The molecular formula is C17H13IN2O. The van der Waals surface area contributed by atoms with Crippen LogP contribution < -0.4 is 5.56 Å². The zero-order chi connectivity index (χ0) is 14.4. The molecule has 2 heterocycles. The van der Waals surface area contributed by atoms with E-state index in [1.54, 1.807) is 0 Å². The third kappa shape index (κ3) is 2.09. The molecule has 0 amide bonds. The van der Waals surface area contributed by atoms with Gasteiger partial charge in [0.1, 0.15) is 5.82 Å². The molecule has 1 aromatic heterocycles. The van der Waals surface area contributed by atoms with Gasteiger partial charge in [0.05, 0.1) is 16.9 Å². The zero-order valence-electron chi connectivity index (χ0n) is 11.3. The second-order valence-electron chi connectivity index (χ2n) is 5.33. The molecule has 3 aromatic rings. The summed E-state index contributed by atoms with van der Waals surface area (Å²) in [5.74, 6) is 0.905. The van der Waals surface area contributed by atoms with E-state index < -0.39 is 0 Å². The van der Waals surface area contributed by atoms with Gasteiger partial charge < -0.3 is 0 Å². The van der Waals surface area contributed by atoms with Crippen molar-refractivity contribution in [2.24, 2.45) is 0 Å². The van der Waals surface area contributed by atoms with Gasteiger partial charge in [0.15, 0.2) is 0 Å². The third-order valence-corrected chi connectivity index (χ3v) is 4.74. The van der Waals surface area contributed by atoms with Gasteiger partial charge >= 0.3 is 0 Å². The number of hydrogen-bond donors (Lipinski definition) is 0. The van der Waals surface area contributed by atoms with Gasteiger partial charge in [-0.05, 0) is 52.8 Å². The highest BCUT2D eigenvalue weighted by molar-refractivity contribution is 14.1. The molecule has 4 heteroatoms. The number of aromatic nitrogens is 2. The molecule has 1 aliphatic rings. The minimum atomic E-state index is 0.0832. The average Bonchev–Trinajstić information content (AvgIpc) is 2.93. The van der Waals surface area contributed by atoms with Crippen LogP contribution in [0.4, 0.5) is 0 Å². The Morgan fingerprint density at radius 1 is 1.14 bits per heavy atom. The number of hydrogen-bond acceptors (Lipinski definition) is 2. The van der Waals surface area contributed by atoms with Crippen molar-refractivity contribution in [3.63, 3.8) is 0 Å². The van der Waals surface area contributed by atoms with Crippen molar-refractivity contribution in [3.05, 3.63) is 73.8 Å². The molecule has 104 valence electrons. The van der Waals surface area contributed by atoms with Crippen LogP contribution in [0.1, 0.15) is 23.9 Å². The molecule has 1 atom stereocenters. The minimum Gasteiger partial charge on any atom is -0.288 e. The first-order chi connectivity index (χ1) is 10.2. The van der Waals surface area contributed by atoms with Gasteiger partial charge in [-0.3, -0.25) is 9.36 Å². The first-order valence-electron chi connectivity index (χ1n) is 6.99. The fraction of sp³-hybridized carbons (Fsp3) is 0.176. The first-order valence-corrected chi connectivity index (χ1v) is 8.07. The van der Waals surface area contributed by atoms with Gasteiger partial charge in [-0.2, -0.15) is 0 Å².